The molecule has 0 radical (unpaired) electrons. The molecule has 0 spiro atoms. The highest BCUT2D eigenvalue weighted by Gasteiger charge is 2.32. The SMILES string of the molecule is CCCCCCCO[Si](CCCC)(CCCC)CCCC. The second-order valence-corrected chi connectivity index (χ2v) is 10.9. The molecular formula is C19H42OSi. The highest BCUT2D eigenvalue weighted by Crippen LogP contribution is 2.29. The Morgan fingerprint density at radius 1 is 0.524 bits per heavy atom. The van der Waals surface area contributed by atoms with Gasteiger partial charge in [0.25, 0.3) is 0 Å². The zero-order valence-corrected chi connectivity index (χ0v) is 16.5. The normalized spacial score (nSPS) is 12.0. The molecule has 0 aliphatic carbocycles. The van der Waals surface area contributed by atoms with Gasteiger partial charge in [-0.3, -0.25) is 0 Å². The van der Waals surface area contributed by atoms with E-state index in [-0.39, 0.29) is 0 Å². The Morgan fingerprint density at radius 3 is 1.38 bits per heavy atom. The molecule has 0 bridgehead atoms. The third-order valence-corrected chi connectivity index (χ3v) is 9.22. The van der Waals surface area contributed by atoms with Gasteiger partial charge in [-0.15, -0.1) is 0 Å². The van der Waals surface area contributed by atoms with E-state index in [1.807, 2.05) is 0 Å². The average Bonchev–Trinajstić information content (AvgIpc) is 2.51. The Bertz CT molecular complexity index is 184. The first-order valence-electron chi connectivity index (χ1n) is 9.88. The maximum Gasteiger partial charge on any atom is 0.192 e. The minimum Gasteiger partial charge on any atom is -0.417 e. The summed E-state index contributed by atoms with van der Waals surface area (Å²) in [6.45, 7) is 10.3. The van der Waals surface area contributed by atoms with Crippen LogP contribution in [0.4, 0.5) is 0 Å². The Kier molecular flexibility index (Phi) is 15.2. The molecule has 1 nitrogen and oxygen atoms in total. The topological polar surface area (TPSA) is 9.23 Å². The Hall–Kier alpha value is 0.177. The predicted octanol–water partition coefficient (Wildman–Crippen LogP) is 7.32. The molecular weight excluding hydrogens is 272 g/mol. The molecule has 21 heavy (non-hydrogen) atoms. The summed E-state index contributed by atoms with van der Waals surface area (Å²) in [7, 11) is -1.43. The first kappa shape index (κ1) is 21.2. The summed E-state index contributed by atoms with van der Waals surface area (Å²) < 4.78 is 6.66. The molecule has 0 saturated heterocycles. The highest BCUT2D eigenvalue weighted by molar-refractivity contribution is 6.73. The van der Waals surface area contributed by atoms with E-state index in [1.165, 1.54) is 88.8 Å². The van der Waals surface area contributed by atoms with Crippen LogP contribution < -0.4 is 0 Å². The average molecular weight is 315 g/mol. The summed E-state index contributed by atoms with van der Waals surface area (Å²) in [6.07, 6.45) is 14.9. The first-order chi connectivity index (χ1) is 10.2. The maximum absolute atomic E-state index is 6.66. The van der Waals surface area contributed by atoms with Crippen molar-refractivity contribution in [2.75, 3.05) is 6.61 Å². The third-order valence-electron chi connectivity index (χ3n) is 4.61. The molecule has 0 unspecified atom stereocenters. The fourth-order valence-corrected chi connectivity index (χ4v) is 7.84. The molecule has 0 aromatic rings. The number of unbranched alkanes of at least 4 members (excludes halogenated alkanes) is 7. The third kappa shape index (κ3) is 11.4. The molecule has 0 aliphatic rings. The van der Waals surface area contributed by atoms with Gasteiger partial charge in [-0.2, -0.15) is 0 Å². The van der Waals surface area contributed by atoms with Crippen molar-refractivity contribution in [2.45, 2.75) is 116 Å². The van der Waals surface area contributed by atoms with Crippen LogP contribution in [0, 0.1) is 0 Å². The van der Waals surface area contributed by atoms with Gasteiger partial charge in [0.05, 0.1) is 0 Å². The fourth-order valence-electron chi connectivity index (χ4n) is 3.08. The van der Waals surface area contributed by atoms with Crippen LogP contribution in [0.3, 0.4) is 0 Å². The van der Waals surface area contributed by atoms with Crippen molar-refractivity contribution in [3.05, 3.63) is 0 Å². The van der Waals surface area contributed by atoms with E-state index in [4.69, 9.17) is 4.43 Å². The van der Waals surface area contributed by atoms with E-state index in [0.29, 0.717) is 0 Å². The summed E-state index contributed by atoms with van der Waals surface area (Å²) >= 11 is 0. The minimum atomic E-state index is -1.43. The maximum atomic E-state index is 6.66. The van der Waals surface area contributed by atoms with Gasteiger partial charge in [-0.1, -0.05) is 91.9 Å². The Labute approximate surface area is 136 Å². The van der Waals surface area contributed by atoms with E-state index in [1.54, 1.807) is 0 Å². The second-order valence-electron chi connectivity index (χ2n) is 6.76. The van der Waals surface area contributed by atoms with Crippen molar-refractivity contribution >= 4 is 8.32 Å². The molecule has 0 atom stereocenters. The van der Waals surface area contributed by atoms with Crippen molar-refractivity contribution in [3.8, 4) is 0 Å². The zero-order chi connectivity index (χ0) is 15.8. The Morgan fingerprint density at radius 2 is 0.952 bits per heavy atom. The second kappa shape index (κ2) is 15.1. The molecule has 128 valence electrons. The minimum absolute atomic E-state index is 1.05. The molecule has 0 amide bonds. The first-order valence-corrected chi connectivity index (χ1v) is 12.4. The van der Waals surface area contributed by atoms with Crippen LogP contribution >= 0.6 is 0 Å². The number of hydrogen-bond donors (Lipinski definition) is 0. The fraction of sp³-hybridized carbons (Fsp3) is 1.00. The monoisotopic (exact) mass is 314 g/mol. The van der Waals surface area contributed by atoms with Crippen LogP contribution in [0.25, 0.3) is 0 Å². The van der Waals surface area contributed by atoms with Crippen LogP contribution in [0.1, 0.15) is 98.3 Å². The molecule has 0 saturated carbocycles. The Balaban J connectivity index is 4.28. The molecule has 0 rings (SSSR count). The summed E-state index contributed by atoms with van der Waals surface area (Å²) in [4.78, 5) is 0. The van der Waals surface area contributed by atoms with Crippen LogP contribution in [-0.4, -0.2) is 14.9 Å². The van der Waals surface area contributed by atoms with Gasteiger partial charge in [0, 0.05) is 6.61 Å². The van der Waals surface area contributed by atoms with Gasteiger partial charge in [0.2, 0.25) is 0 Å². The largest absolute Gasteiger partial charge is 0.417 e. The van der Waals surface area contributed by atoms with E-state index in [2.05, 4.69) is 27.7 Å². The van der Waals surface area contributed by atoms with Crippen molar-refractivity contribution in [1.82, 2.24) is 0 Å². The van der Waals surface area contributed by atoms with Gasteiger partial charge in [-0.05, 0) is 24.6 Å². The van der Waals surface area contributed by atoms with Crippen molar-refractivity contribution in [3.63, 3.8) is 0 Å². The van der Waals surface area contributed by atoms with Crippen LogP contribution in [0.15, 0.2) is 0 Å². The van der Waals surface area contributed by atoms with Crippen molar-refractivity contribution < 1.29 is 4.43 Å². The van der Waals surface area contributed by atoms with Crippen LogP contribution in [0.2, 0.25) is 18.1 Å². The predicted molar refractivity (Wildman–Crippen MR) is 99.6 cm³/mol. The molecule has 0 fully saturated rings. The summed E-state index contributed by atoms with van der Waals surface area (Å²) in [6, 6.07) is 4.25. The molecule has 0 N–H and O–H groups in total. The van der Waals surface area contributed by atoms with E-state index in [0.717, 1.165) is 6.61 Å². The summed E-state index contributed by atoms with van der Waals surface area (Å²) in [5.41, 5.74) is 0. The zero-order valence-electron chi connectivity index (χ0n) is 15.5. The summed E-state index contributed by atoms with van der Waals surface area (Å²) in [5.74, 6) is 0. The lowest BCUT2D eigenvalue weighted by molar-refractivity contribution is 0.282. The molecule has 2 heteroatoms. The van der Waals surface area contributed by atoms with E-state index in [9.17, 15) is 0 Å². The van der Waals surface area contributed by atoms with Gasteiger partial charge >= 0.3 is 0 Å². The molecule has 0 aromatic carbocycles. The lowest BCUT2D eigenvalue weighted by Crippen LogP contribution is -2.38. The molecule has 0 heterocycles. The van der Waals surface area contributed by atoms with Crippen molar-refractivity contribution in [2.24, 2.45) is 0 Å². The standard InChI is InChI=1S/C19H42OSi/c1-5-9-13-14-15-16-20-21(17-10-6-2,18-11-7-3)19-12-8-4/h5-19H2,1-4H3. The summed E-state index contributed by atoms with van der Waals surface area (Å²) in [5, 5.41) is 0. The van der Waals surface area contributed by atoms with E-state index >= 15 is 0 Å². The van der Waals surface area contributed by atoms with Crippen molar-refractivity contribution in [1.29, 1.82) is 0 Å². The van der Waals surface area contributed by atoms with Gasteiger partial charge in [-0.25, -0.2) is 0 Å². The van der Waals surface area contributed by atoms with Gasteiger partial charge in [0.1, 0.15) is 0 Å². The lowest BCUT2D eigenvalue weighted by atomic mass is 10.2. The quantitative estimate of drug-likeness (QED) is 0.214. The van der Waals surface area contributed by atoms with E-state index < -0.39 is 8.32 Å². The highest BCUT2D eigenvalue weighted by atomic mass is 28.4. The van der Waals surface area contributed by atoms with Gasteiger partial charge < -0.3 is 4.43 Å². The smallest absolute Gasteiger partial charge is 0.192 e. The number of hydrogen-bond acceptors (Lipinski definition) is 1. The number of rotatable bonds is 16. The molecule has 0 aromatic heterocycles. The van der Waals surface area contributed by atoms with Gasteiger partial charge in [0.15, 0.2) is 8.32 Å². The lowest BCUT2D eigenvalue weighted by Gasteiger charge is -2.32. The van der Waals surface area contributed by atoms with Crippen LogP contribution in [-0.2, 0) is 4.43 Å². The van der Waals surface area contributed by atoms with Crippen LogP contribution in [0.5, 0.6) is 0 Å². The molecule has 0 aliphatic heterocycles.